The molecule has 0 bridgehead atoms. The van der Waals surface area contributed by atoms with Crippen molar-refractivity contribution in [2.24, 2.45) is 17.8 Å². The van der Waals surface area contributed by atoms with Gasteiger partial charge >= 0.3 is 5.97 Å². The minimum Gasteiger partial charge on any atom is -0.481 e. The number of hydrogen-bond donors (Lipinski definition) is 1. The number of aliphatic carboxylic acids is 1. The summed E-state index contributed by atoms with van der Waals surface area (Å²) >= 11 is 0. The molecule has 1 amide bonds. The largest absolute Gasteiger partial charge is 0.481 e. The van der Waals surface area contributed by atoms with E-state index in [9.17, 15) is 14.7 Å². The molecular weight excluding hydrogens is 366 g/mol. The number of likely N-dealkylation sites (tertiary alicyclic amines) is 1. The van der Waals surface area contributed by atoms with E-state index in [4.69, 9.17) is 4.74 Å². The Kier molecular flexibility index (Phi) is 4.78. The van der Waals surface area contributed by atoms with Crippen LogP contribution < -0.4 is 0 Å². The number of piperidine rings is 1. The summed E-state index contributed by atoms with van der Waals surface area (Å²) in [6.45, 7) is 1.97. The predicted octanol–water partition coefficient (Wildman–Crippen LogP) is 3.67. The van der Waals surface area contributed by atoms with Gasteiger partial charge in [0.05, 0.1) is 12.0 Å². The van der Waals surface area contributed by atoms with E-state index in [1.54, 1.807) is 0 Å². The van der Waals surface area contributed by atoms with Gasteiger partial charge in [-0.25, -0.2) is 0 Å². The first-order chi connectivity index (χ1) is 14.1. The SMILES string of the molecule is O=C(O)C1CCO[C@H]1C1CCN(C(=O)C2CC2c2cccc3ccccc23)CC1. The number of carbonyl (C=O) groups is 2. The summed E-state index contributed by atoms with van der Waals surface area (Å²) in [6.07, 6.45) is 3.03. The smallest absolute Gasteiger partial charge is 0.309 e. The van der Waals surface area contributed by atoms with E-state index in [-0.39, 0.29) is 29.8 Å². The van der Waals surface area contributed by atoms with E-state index in [1.807, 2.05) is 4.90 Å². The first-order valence-electron chi connectivity index (χ1n) is 10.7. The van der Waals surface area contributed by atoms with Gasteiger partial charge in [0.2, 0.25) is 5.91 Å². The lowest BCUT2D eigenvalue weighted by atomic mass is 9.84. The third-order valence-electron chi connectivity index (χ3n) is 7.10. The van der Waals surface area contributed by atoms with Crippen molar-refractivity contribution in [2.45, 2.75) is 37.7 Å². The van der Waals surface area contributed by atoms with E-state index >= 15 is 0 Å². The second-order valence-corrected chi connectivity index (χ2v) is 8.75. The molecule has 1 saturated carbocycles. The van der Waals surface area contributed by atoms with E-state index < -0.39 is 5.97 Å². The van der Waals surface area contributed by atoms with Crippen LogP contribution in [0.25, 0.3) is 10.8 Å². The van der Waals surface area contributed by atoms with Crippen LogP contribution in [0.4, 0.5) is 0 Å². The lowest BCUT2D eigenvalue weighted by Gasteiger charge is -2.35. The molecule has 3 unspecified atom stereocenters. The van der Waals surface area contributed by atoms with Crippen LogP contribution in [-0.2, 0) is 14.3 Å². The number of fused-ring (bicyclic) bond motifs is 1. The summed E-state index contributed by atoms with van der Waals surface area (Å²) in [5, 5.41) is 11.9. The van der Waals surface area contributed by atoms with Crippen molar-refractivity contribution in [3.8, 4) is 0 Å². The van der Waals surface area contributed by atoms with Crippen molar-refractivity contribution in [3.63, 3.8) is 0 Å². The Morgan fingerprint density at radius 3 is 2.52 bits per heavy atom. The van der Waals surface area contributed by atoms with Gasteiger partial charge in [-0.05, 0) is 53.9 Å². The number of carboxylic acid groups (broad SMARTS) is 1. The highest BCUT2D eigenvalue weighted by Crippen LogP contribution is 2.50. The van der Waals surface area contributed by atoms with Crippen molar-refractivity contribution in [1.82, 2.24) is 4.90 Å². The molecule has 1 aliphatic carbocycles. The predicted molar refractivity (Wildman–Crippen MR) is 110 cm³/mol. The number of rotatable bonds is 4. The average Bonchev–Trinajstić information content (AvgIpc) is 3.39. The standard InChI is InChI=1S/C24H27NO4/c26-23(21-14-20(21)18-7-3-5-15-4-1-2-6-17(15)18)25-11-8-16(9-12-25)22-19(24(27)28)10-13-29-22/h1-7,16,19-22H,8-14H2,(H,27,28)/t19?,20?,21?,22-/m0/s1. The van der Waals surface area contributed by atoms with Crippen LogP contribution in [0.1, 0.15) is 37.2 Å². The highest BCUT2D eigenvalue weighted by molar-refractivity contribution is 5.89. The zero-order chi connectivity index (χ0) is 20.0. The third kappa shape index (κ3) is 3.42. The molecule has 29 heavy (non-hydrogen) atoms. The van der Waals surface area contributed by atoms with Crippen LogP contribution in [0.2, 0.25) is 0 Å². The molecule has 152 valence electrons. The highest BCUT2D eigenvalue weighted by Gasteiger charge is 2.47. The van der Waals surface area contributed by atoms with Gasteiger partial charge in [0.15, 0.2) is 0 Å². The topological polar surface area (TPSA) is 66.8 Å². The fourth-order valence-corrected chi connectivity index (χ4v) is 5.41. The molecule has 0 aromatic heterocycles. The Bertz CT molecular complexity index is 928. The molecule has 5 rings (SSSR count). The Morgan fingerprint density at radius 1 is 0.966 bits per heavy atom. The van der Waals surface area contributed by atoms with Gasteiger partial charge in [0, 0.05) is 25.6 Å². The molecule has 0 radical (unpaired) electrons. The maximum atomic E-state index is 13.1. The highest BCUT2D eigenvalue weighted by atomic mass is 16.5. The first-order valence-corrected chi connectivity index (χ1v) is 10.7. The fraction of sp³-hybridized carbons (Fsp3) is 0.500. The number of hydrogen-bond acceptors (Lipinski definition) is 3. The quantitative estimate of drug-likeness (QED) is 0.861. The van der Waals surface area contributed by atoms with Crippen LogP contribution in [0.3, 0.4) is 0 Å². The zero-order valence-corrected chi connectivity index (χ0v) is 16.5. The van der Waals surface area contributed by atoms with Crippen molar-refractivity contribution in [3.05, 3.63) is 48.0 Å². The molecule has 2 saturated heterocycles. The number of amides is 1. The Morgan fingerprint density at radius 2 is 1.72 bits per heavy atom. The molecular formula is C24H27NO4. The number of nitrogens with zero attached hydrogens (tertiary/aromatic N) is 1. The lowest BCUT2D eigenvalue weighted by molar-refractivity contribution is -0.146. The molecule has 2 aromatic carbocycles. The van der Waals surface area contributed by atoms with Gasteiger partial charge in [0.25, 0.3) is 0 Å². The van der Waals surface area contributed by atoms with Crippen LogP contribution in [0.5, 0.6) is 0 Å². The van der Waals surface area contributed by atoms with Crippen LogP contribution in [0, 0.1) is 17.8 Å². The normalized spacial score (nSPS) is 29.9. The molecule has 5 heteroatoms. The van der Waals surface area contributed by atoms with Crippen molar-refractivity contribution < 1.29 is 19.4 Å². The van der Waals surface area contributed by atoms with E-state index in [0.717, 1.165) is 19.3 Å². The molecule has 1 N–H and O–H groups in total. The number of benzene rings is 2. The van der Waals surface area contributed by atoms with Crippen molar-refractivity contribution in [2.75, 3.05) is 19.7 Å². The van der Waals surface area contributed by atoms with Gasteiger partial charge < -0.3 is 14.7 Å². The maximum absolute atomic E-state index is 13.1. The third-order valence-corrected chi connectivity index (χ3v) is 7.10. The summed E-state index contributed by atoms with van der Waals surface area (Å²) in [5.41, 5.74) is 1.29. The molecule has 4 atom stereocenters. The molecule has 2 aliphatic heterocycles. The van der Waals surface area contributed by atoms with Gasteiger partial charge in [0.1, 0.15) is 0 Å². The second-order valence-electron chi connectivity index (χ2n) is 8.75. The number of carbonyl (C=O) groups excluding carboxylic acids is 1. The Balaban J connectivity index is 1.22. The fourth-order valence-electron chi connectivity index (χ4n) is 5.41. The zero-order valence-electron chi connectivity index (χ0n) is 16.5. The van der Waals surface area contributed by atoms with Crippen molar-refractivity contribution >= 4 is 22.6 Å². The van der Waals surface area contributed by atoms with Gasteiger partial charge in [-0.1, -0.05) is 42.5 Å². The average molecular weight is 393 g/mol. The monoisotopic (exact) mass is 393 g/mol. The second kappa shape index (κ2) is 7.45. The van der Waals surface area contributed by atoms with Gasteiger partial charge in [-0.2, -0.15) is 0 Å². The lowest BCUT2D eigenvalue weighted by Crippen LogP contribution is -2.44. The van der Waals surface area contributed by atoms with Crippen LogP contribution >= 0.6 is 0 Å². The first kappa shape index (κ1) is 18.6. The summed E-state index contributed by atoms with van der Waals surface area (Å²) < 4.78 is 5.75. The van der Waals surface area contributed by atoms with E-state index in [2.05, 4.69) is 42.5 Å². The summed E-state index contributed by atoms with van der Waals surface area (Å²) in [6, 6.07) is 14.8. The molecule has 2 heterocycles. The number of ether oxygens (including phenoxy) is 1. The van der Waals surface area contributed by atoms with Crippen molar-refractivity contribution in [1.29, 1.82) is 0 Å². The molecule has 2 aromatic rings. The van der Waals surface area contributed by atoms with Crippen LogP contribution in [-0.4, -0.2) is 47.7 Å². The summed E-state index contributed by atoms with van der Waals surface area (Å²) in [4.78, 5) is 26.5. The Hall–Kier alpha value is -2.40. The maximum Gasteiger partial charge on any atom is 0.309 e. The van der Waals surface area contributed by atoms with Gasteiger partial charge in [-0.3, -0.25) is 9.59 Å². The van der Waals surface area contributed by atoms with Gasteiger partial charge in [-0.15, -0.1) is 0 Å². The minimum atomic E-state index is -0.748. The molecule has 3 aliphatic rings. The number of carboxylic acids is 1. The molecule has 0 spiro atoms. The summed E-state index contributed by atoms with van der Waals surface area (Å²) in [7, 11) is 0. The molecule has 5 nitrogen and oxygen atoms in total. The molecule has 3 fully saturated rings. The summed E-state index contributed by atoms with van der Waals surface area (Å²) in [5.74, 6) is -0.213. The van der Waals surface area contributed by atoms with E-state index in [1.165, 1.54) is 16.3 Å². The van der Waals surface area contributed by atoms with Crippen LogP contribution in [0.15, 0.2) is 42.5 Å². The minimum absolute atomic E-state index is 0.0897. The Labute approximate surface area is 170 Å². The van der Waals surface area contributed by atoms with E-state index in [0.29, 0.717) is 32.0 Å².